The van der Waals surface area contributed by atoms with Crippen molar-refractivity contribution in [2.24, 2.45) is 0 Å². The number of ether oxygens (including phenoxy) is 1. The van der Waals surface area contributed by atoms with Crippen molar-refractivity contribution < 1.29 is 19.2 Å². The molecule has 2 rings (SSSR count). The summed E-state index contributed by atoms with van der Waals surface area (Å²) in [4.78, 5) is 33.9. The van der Waals surface area contributed by atoms with Gasteiger partial charge in [0.25, 0.3) is 17.5 Å². The highest BCUT2D eigenvalue weighted by Gasteiger charge is 2.13. The van der Waals surface area contributed by atoms with Gasteiger partial charge in [-0.05, 0) is 37.3 Å². The minimum atomic E-state index is -0.652. The molecule has 0 aromatic heterocycles. The third kappa shape index (κ3) is 6.36. The van der Waals surface area contributed by atoms with E-state index in [-0.39, 0.29) is 23.0 Å². The second-order valence-corrected chi connectivity index (χ2v) is 5.77. The van der Waals surface area contributed by atoms with E-state index in [0.29, 0.717) is 5.75 Å². The number of amides is 2. The third-order valence-corrected chi connectivity index (χ3v) is 3.46. The lowest BCUT2D eigenvalue weighted by Gasteiger charge is -2.11. The van der Waals surface area contributed by atoms with Gasteiger partial charge < -0.3 is 4.74 Å². The van der Waals surface area contributed by atoms with Gasteiger partial charge in [0, 0.05) is 17.7 Å². The molecule has 2 aromatic rings. The van der Waals surface area contributed by atoms with Crippen molar-refractivity contribution in [3.63, 3.8) is 0 Å². The summed E-state index contributed by atoms with van der Waals surface area (Å²) < 4.78 is 5.29. The Morgan fingerprint density at radius 2 is 1.85 bits per heavy atom. The molecule has 0 aliphatic rings. The number of carbonyl (C=O) groups is 2. The van der Waals surface area contributed by atoms with E-state index in [0.717, 1.165) is 11.6 Å². The van der Waals surface area contributed by atoms with Crippen LogP contribution >= 0.6 is 12.2 Å². The van der Waals surface area contributed by atoms with Crippen LogP contribution in [0.1, 0.15) is 15.9 Å². The van der Waals surface area contributed by atoms with Gasteiger partial charge in [0.15, 0.2) is 11.7 Å². The molecule has 0 aliphatic carbocycles. The number of carbonyl (C=O) groups excluding carboxylic acids is 2. The van der Waals surface area contributed by atoms with Crippen molar-refractivity contribution in [3.05, 3.63) is 69.8 Å². The van der Waals surface area contributed by atoms with Crippen LogP contribution < -0.4 is 20.9 Å². The fourth-order valence-electron chi connectivity index (χ4n) is 1.91. The highest BCUT2D eigenvalue weighted by Crippen LogP contribution is 2.13. The smallest absolute Gasteiger partial charge is 0.276 e. The fourth-order valence-corrected chi connectivity index (χ4v) is 2.06. The number of aryl methyl sites for hydroxylation is 1. The van der Waals surface area contributed by atoms with Crippen LogP contribution in [0.15, 0.2) is 48.5 Å². The minimum Gasteiger partial charge on any atom is -0.484 e. The highest BCUT2D eigenvalue weighted by atomic mass is 32.1. The number of nitrogens with zero attached hydrogens (tertiary/aromatic N) is 1. The molecule has 10 heteroatoms. The van der Waals surface area contributed by atoms with E-state index in [4.69, 9.17) is 17.0 Å². The number of thiocarbonyl (C=S) groups is 1. The Hall–Kier alpha value is -3.53. The Morgan fingerprint density at radius 1 is 1.15 bits per heavy atom. The molecular weight excluding hydrogens is 372 g/mol. The molecule has 3 N–H and O–H groups in total. The number of nitrogens with one attached hydrogen (secondary N) is 3. The average molecular weight is 388 g/mol. The first-order valence-electron chi connectivity index (χ1n) is 7.69. The van der Waals surface area contributed by atoms with Crippen LogP contribution in [0.4, 0.5) is 5.69 Å². The van der Waals surface area contributed by atoms with Crippen molar-refractivity contribution in [3.8, 4) is 5.75 Å². The minimum absolute atomic E-state index is 0.0578. The molecule has 27 heavy (non-hydrogen) atoms. The van der Waals surface area contributed by atoms with Crippen molar-refractivity contribution >= 4 is 34.8 Å². The Bertz CT molecular complexity index is 870. The molecule has 9 nitrogen and oxygen atoms in total. The van der Waals surface area contributed by atoms with Crippen LogP contribution in [-0.4, -0.2) is 28.5 Å². The van der Waals surface area contributed by atoms with Crippen molar-refractivity contribution in [2.45, 2.75) is 6.92 Å². The Labute approximate surface area is 159 Å². The predicted molar refractivity (Wildman–Crippen MR) is 101 cm³/mol. The lowest BCUT2D eigenvalue weighted by Crippen LogP contribution is -2.49. The topological polar surface area (TPSA) is 123 Å². The average Bonchev–Trinajstić information content (AvgIpc) is 2.66. The van der Waals surface area contributed by atoms with Crippen LogP contribution in [0.25, 0.3) is 0 Å². The molecule has 0 unspecified atom stereocenters. The first-order valence-corrected chi connectivity index (χ1v) is 8.10. The van der Waals surface area contributed by atoms with Gasteiger partial charge in [-0.2, -0.15) is 0 Å². The standard InChI is InChI=1S/C17H16N4O5S/c1-11-5-7-14(8-6-11)26-10-15(22)19-20-17(27)18-16(23)12-3-2-4-13(9-12)21(24)25/h2-9H,10H2,1H3,(H,19,22)(H2,18,20,23,27). The van der Waals surface area contributed by atoms with Gasteiger partial charge in [0.1, 0.15) is 5.75 Å². The molecule has 2 aromatic carbocycles. The van der Waals surface area contributed by atoms with E-state index in [2.05, 4.69) is 16.2 Å². The zero-order valence-corrected chi connectivity index (χ0v) is 15.0. The van der Waals surface area contributed by atoms with Gasteiger partial charge in [-0.15, -0.1) is 0 Å². The summed E-state index contributed by atoms with van der Waals surface area (Å²) in [7, 11) is 0. The molecule has 0 spiro atoms. The zero-order valence-electron chi connectivity index (χ0n) is 14.2. The first kappa shape index (κ1) is 19.8. The maximum atomic E-state index is 12.0. The Kier molecular flexibility index (Phi) is 6.78. The number of nitro benzene ring substituents is 1. The van der Waals surface area contributed by atoms with E-state index in [9.17, 15) is 19.7 Å². The summed E-state index contributed by atoms with van der Waals surface area (Å²) in [6, 6.07) is 12.3. The molecule has 0 fully saturated rings. The number of non-ortho nitro benzene ring substituents is 1. The van der Waals surface area contributed by atoms with E-state index in [1.165, 1.54) is 18.2 Å². The number of rotatable bonds is 5. The van der Waals surface area contributed by atoms with Gasteiger partial charge in [-0.25, -0.2) is 0 Å². The van der Waals surface area contributed by atoms with Crippen LogP contribution in [0.5, 0.6) is 5.75 Å². The van der Waals surface area contributed by atoms with E-state index >= 15 is 0 Å². The predicted octanol–water partition coefficient (Wildman–Crippen LogP) is 1.62. The normalized spacial score (nSPS) is 9.81. The monoisotopic (exact) mass is 388 g/mol. The van der Waals surface area contributed by atoms with E-state index < -0.39 is 16.7 Å². The number of hydrogen-bond acceptors (Lipinski definition) is 6. The summed E-state index contributed by atoms with van der Waals surface area (Å²) >= 11 is 4.89. The van der Waals surface area contributed by atoms with Gasteiger partial charge in [-0.1, -0.05) is 23.8 Å². The molecule has 0 aliphatic heterocycles. The highest BCUT2D eigenvalue weighted by molar-refractivity contribution is 7.80. The fraction of sp³-hybridized carbons (Fsp3) is 0.118. The lowest BCUT2D eigenvalue weighted by molar-refractivity contribution is -0.384. The SMILES string of the molecule is Cc1ccc(OCC(=O)NNC(=S)NC(=O)c2cccc([N+](=O)[O-])c2)cc1. The molecule has 0 saturated carbocycles. The quantitative estimate of drug-likeness (QED) is 0.404. The molecule has 0 heterocycles. The molecular formula is C17H16N4O5S. The van der Waals surface area contributed by atoms with Crippen molar-refractivity contribution in [1.29, 1.82) is 0 Å². The lowest BCUT2D eigenvalue weighted by atomic mass is 10.2. The van der Waals surface area contributed by atoms with Crippen molar-refractivity contribution in [2.75, 3.05) is 6.61 Å². The largest absolute Gasteiger partial charge is 0.484 e. The van der Waals surface area contributed by atoms with Crippen LogP contribution in [0, 0.1) is 17.0 Å². The number of benzene rings is 2. The number of hydrazine groups is 1. The summed E-state index contributed by atoms with van der Waals surface area (Å²) in [5, 5.41) is 12.9. The molecule has 0 bridgehead atoms. The molecule has 0 atom stereocenters. The summed E-state index contributed by atoms with van der Waals surface area (Å²) in [5.41, 5.74) is 5.53. The van der Waals surface area contributed by atoms with Crippen molar-refractivity contribution in [1.82, 2.24) is 16.2 Å². The van der Waals surface area contributed by atoms with Gasteiger partial charge in [0.2, 0.25) is 0 Å². The Morgan fingerprint density at radius 3 is 2.52 bits per heavy atom. The van der Waals surface area contributed by atoms with E-state index in [1.807, 2.05) is 19.1 Å². The van der Waals surface area contributed by atoms with Gasteiger partial charge in [0.05, 0.1) is 4.92 Å². The second-order valence-electron chi connectivity index (χ2n) is 5.37. The first-order chi connectivity index (χ1) is 12.8. The molecule has 0 radical (unpaired) electrons. The number of hydrogen-bond donors (Lipinski definition) is 3. The third-order valence-electron chi connectivity index (χ3n) is 3.25. The zero-order chi connectivity index (χ0) is 19.8. The molecule has 140 valence electrons. The molecule has 0 saturated heterocycles. The maximum Gasteiger partial charge on any atom is 0.276 e. The van der Waals surface area contributed by atoms with Crippen LogP contribution in [0.2, 0.25) is 0 Å². The summed E-state index contributed by atoms with van der Waals surface area (Å²) in [5.74, 6) is -0.624. The summed E-state index contributed by atoms with van der Waals surface area (Å²) in [6.45, 7) is 1.68. The van der Waals surface area contributed by atoms with E-state index in [1.54, 1.807) is 12.1 Å². The summed E-state index contributed by atoms with van der Waals surface area (Å²) in [6.07, 6.45) is 0. The van der Waals surface area contributed by atoms with Gasteiger partial charge >= 0.3 is 0 Å². The van der Waals surface area contributed by atoms with Gasteiger partial charge in [-0.3, -0.25) is 35.9 Å². The second kappa shape index (κ2) is 9.25. The molecule has 2 amide bonds. The van der Waals surface area contributed by atoms with Crippen LogP contribution in [-0.2, 0) is 4.79 Å². The maximum absolute atomic E-state index is 12.0. The van der Waals surface area contributed by atoms with Crippen LogP contribution in [0.3, 0.4) is 0 Å². The Balaban J connectivity index is 1.77. The number of nitro groups is 1.